The minimum absolute atomic E-state index is 0.166. The Bertz CT molecular complexity index is 529. The highest BCUT2D eigenvalue weighted by atomic mass is 19.4. The zero-order valence-electron chi connectivity index (χ0n) is 10.1. The van der Waals surface area contributed by atoms with Crippen LogP contribution in [0.15, 0.2) is 12.3 Å². The molecule has 102 valence electrons. The van der Waals surface area contributed by atoms with Gasteiger partial charge in [-0.2, -0.15) is 13.2 Å². The molecule has 1 saturated carbocycles. The van der Waals surface area contributed by atoms with Gasteiger partial charge < -0.3 is 4.74 Å². The Hall–Kier alpha value is -1.59. The van der Waals surface area contributed by atoms with Crippen LogP contribution in [-0.2, 0) is 16.4 Å². The van der Waals surface area contributed by atoms with E-state index < -0.39 is 17.2 Å². The summed E-state index contributed by atoms with van der Waals surface area (Å²) in [6.45, 7) is 0.323. The molecule has 0 N–H and O–H groups in total. The fraction of sp³-hybridized carbons (Fsp3) is 0.538. The minimum atomic E-state index is -4.41. The highest BCUT2D eigenvalue weighted by molar-refractivity contribution is 5.79. The Balaban J connectivity index is 2.01. The van der Waals surface area contributed by atoms with Crippen molar-refractivity contribution in [2.45, 2.75) is 37.3 Å². The van der Waals surface area contributed by atoms with Gasteiger partial charge in [0.2, 0.25) is 5.88 Å². The average molecular weight is 271 g/mol. The van der Waals surface area contributed by atoms with Crippen molar-refractivity contribution in [3.05, 3.63) is 23.4 Å². The second-order valence-corrected chi connectivity index (χ2v) is 5.18. The number of ketones is 1. The summed E-state index contributed by atoms with van der Waals surface area (Å²) in [6, 6.07) is 1.13. The summed E-state index contributed by atoms with van der Waals surface area (Å²) in [4.78, 5) is 15.1. The van der Waals surface area contributed by atoms with Gasteiger partial charge in [0.15, 0.2) is 0 Å². The van der Waals surface area contributed by atoms with Gasteiger partial charge >= 0.3 is 6.18 Å². The molecule has 1 aromatic heterocycles. The molecule has 2 heterocycles. The number of carbonyl (C=O) groups excluding carboxylic acids is 1. The number of nitrogens with zero attached hydrogens (tertiary/aromatic N) is 1. The van der Waals surface area contributed by atoms with Crippen molar-refractivity contribution in [3.8, 4) is 5.88 Å². The van der Waals surface area contributed by atoms with Crippen molar-refractivity contribution in [2.75, 3.05) is 6.61 Å². The van der Waals surface area contributed by atoms with Crippen LogP contribution >= 0.6 is 0 Å². The second kappa shape index (κ2) is 3.95. The van der Waals surface area contributed by atoms with Crippen molar-refractivity contribution >= 4 is 5.78 Å². The van der Waals surface area contributed by atoms with Crippen molar-refractivity contribution in [3.63, 3.8) is 0 Å². The van der Waals surface area contributed by atoms with Crippen molar-refractivity contribution in [1.82, 2.24) is 4.98 Å². The molecule has 1 fully saturated rings. The van der Waals surface area contributed by atoms with E-state index in [2.05, 4.69) is 4.98 Å². The Morgan fingerprint density at radius 3 is 2.58 bits per heavy atom. The third-order valence-corrected chi connectivity index (χ3v) is 4.00. The first-order valence-corrected chi connectivity index (χ1v) is 6.13. The number of fused-ring (bicyclic) bond motifs is 2. The van der Waals surface area contributed by atoms with Gasteiger partial charge in [-0.1, -0.05) is 0 Å². The maximum atomic E-state index is 12.7. The molecule has 0 atom stereocenters. The molecule has 0 bridgehead atoms. The van der Waals surface area contributed by atoms with E-state index in [9.17, 15) is 18.0 Å². The zero-order chi connectivity index (χ0) is 13.7. The molecule has 0 aromatic carbocycles. The predicted molar refractivity (Wildman–Crippen MR) is 59.9 cm³/mol. The molecule has 0 unspecified atom stereocenters. The lowest BCUT2D eigenvalue weighted by atomic mass is 9.71. The molecule has 19 heavy (non-hydrogen) atoms. The lowest BCUT2D eigenvalue weighted by Crippen LogP contribution is -2.33. The van der Waals surface area contributed by atoms with Gasteiger partial charge in [-0.05, 0) is 18.9 Å². The van der Waals surface area contributed by atoms with Crippen LogP contribution in [0, 0.1) is 0 Å². The molecular formula is C13H12F3NO2. The van der Waals surface area contributed by atoms with Crippen LogP contribution in [0.3, 0.4) is 0 Å². The summed E-state index contributed by atoms with van der Waals surface area (Å²) in [6.07, 6.45) is -1.72. The van der Waals surface area contributed by atoms with E-state index in [1.165, 1.54) is 0 Å². The molecule has 3 nitrogen and oxygen atoms in total. The summed E-state index contributed by atoms with van der Waals surface area (Å²) in [5, 5.41) is 0. The van der Waals surface area contributed by atoms with Gasteiger partial charge in [0.05, 0.1) is 12.2 Å². The van der Waals surface area contributed by atoms with Gasteiger partial charge in [-0.15, -0.1) is 0 Å². The Morgan fingerprint density at radius 2 is 1.95 bits per heavy atom. The summed E-state index contributed by atoms with van der Waals surface area (Å²) < 4.78 is 43.6. The fourth-order valence-electron chi connectivity index (χ4n) is 2.81. The summed E-state index contributed by atoms with van der Waals surface area (Å²) >= 11 is 0. The van der Waals surface area contributed by atoms with E-state index in [0.717, 1.165) is 12.3 Å². The van der Waals surface area contributed by atoms with E-state index in [0.29, 0.717) is 37.9 Å². The molecule has 0 saturated heterocycles. The summed E-state index contributed by atoms with van der Waals surface area (Å²) in [5.74, 6) is 0.446. The van der Waals surface area contributed by atoms with Gasteiger partial charge in [-0.3, -0.25) is 4.79 Å². The van der Waals surface area contributed by atoms with Crippen LogP contribution in [0.25, 0.3) is 0 Å². The van der Waals surface area contributed by atoms with Crippen LogP contribution < -0.4 is 4.74 Å². The summed E-state index contributed by atoms with van der Waals surface area (Å²) in [7, 11) is 0. The molecule has 1 aliphatic heterocycles. The maximum Gasteiger partial charge on any atom is 0.417 e. The number of alkyl halides is 3. The van der Waals surface area contributed by atoms with Crippen LogP contribution in [0.5, 0.6) is 5.88 Å². The van der Waals surface area contributed by atoms with Crippen molar-refractivity contribution < 1.29 is 22.7 Å². The number of halogens is 3. The van der Waals surface area contributed by atoms with Crippen molar-refractivity contribution in [2.24, 2.45) is 0 Å². The predicted octanol–water partition coefficient (Wildman–Crippen LogP) is 2.87. The molecule has 2 aliphatic rings. The first kappa shape index (κ1) is 12.4. The maximum absolute atomic E-state index is 12.7. The molecule has 1 aliphatic carbocycles. The molecule has 6 heteroatoms. The number of rotatable bonds is 0. The van der Waals surface area contributed by atoms with E-state index >= 15 is 0 Å². The third-order valence-electron chi connectivity index (χ3n) is 4.00. The third kappa shape index (κ3) is 1.99. The van der Waals surface area contributed by atoms with Crippen LogP contribution in [0.4, 0.5) is 13.2 Å². The van der Waals surface area contributed by atoms with E-state index in [4.69, 9.17) is 4.74 Å². The quantitative estimate of drug-likeness (QED) is 0.728. The standard InChI is InChI=1S/C13H12F3NO2/c14-13(15,16)8-5-10-11(17-6-8)19-7-12(10)3-1-9(18)2-4-12/h5-6H,1-4,7H2. The molecular weight excluding hydrogens is 259 g/mol. The normalized spacial score (nSPS) is 21.3. The van der Waals surface area contributed by atoms with Crippen LogP contribution in [0.1, 0.15) is 36.8 Å². The monoisotopic (exact) mass is 271 g/mol. The molecule has 3 rings (SSSR count). The van der Waals surface area contributed by atoms with E-state index in [1.54, 1.807) is 0 Å². The van der Waals surface area contributed by atoms with Gasteiger partial charge in [0, 0.05) is 30.0 Å². The smallest absolute Gasteiger partial charge is 0.417 e. The first-order chi connectivity index (χ1) is 8.91. The largest absolute Gasteiger partial charge is 0.476 e. The van der Waals surface area contributed by atoms with E-state index in [1.807, 2.05) is 0 Å². The van der Waals surface area contributed by atoms with Gasteiger partial charge in [0.25, 0.3) is 0 Å². The Kier molecular flexibility index (Phi) is 2.59. The van der Waals surface area contributed by atoms with Crippen LogP contribution in [0.2, 0.25) is 0 Å². The molecule has 0 amide bonds. The van der Waals surface area contributed by atoms with Gasteiger partial charge in [-0.25, -0.2) is 4.98 Å². The minimum Gasteiger partial charge on any atom is -0.476 e. The Morgan fingerprint density at radius 1 is 1.26 bits per heavy atom. The number of pyridine rings is 1. The number of hydrogen-bond donors (Lipinski definition) is 0. The number of carbonyl (C=O) groups is 1. The Labute approximate surface area is 107 Å². The number of ether oxygens (including phenoxy) is 1. The molecule has 0 radical (unpaired) electrons. The number of aromatic nitrogens is 1. The highest BCUT2D eigenvalue weighted by Gasteiger charge is 2.45. The topological polar surface area (TPSA) is 39.2 Å². The SMILES string of the molecule is O=C1CCC2(CC1)COc1ncc(C(F)(F)F)cc12. The second-order valence-electron chi connectivity index (χ2n) is 5.18. The number of Topliss-reactive ketones (excluding diaryl/α,β-unsaturated/α-hetero) is 1. The lowest BCUT2D eigenvalue weighted by Gasteiger charge is -2.31. The zero-order valence-corrected chi connectivity index (χ0v) is 10.1. The van der Waals surface area contributed by atoms with E-state index in [-0.39, 0.29) is 11.7 Å². The van der Waals surface area contributed by atoms with Crippen molar-refractivity contribution in [1.29, 1.82) is 0 Å². The lowest BCUT2D eigenvalue weighted by molar-refractivity contribution is -0.138. The van der Waals surface area contributed by atoms with Gasteiger partial charge in [0.1, 0.15) is 5.78 Å². The average Bonchev–Trinajstić information content (AvgIpc) is 2.71. The molecule has 1 spiro atoms. The first-order valence-electron chi connectivity index (χ1n) is 6.13. The van der Waals surface area contributed by atoms with Crippen LogP contribution in [-0.4, -0.2) is 17.4 Å². The fourth-order valence-corrected chi connectivity index (χ4v) is 2.81. The molecule has 1 aromatic rings. The number of hydrogen-bond acceptors (Lipinski definition) is 3. The highest BCUT2D eigenvalue weighted by Crippen LogP contribution is 2.47. The summed E-state index contributed by atoms with van der Waals surface area (Å²) in [5.41, 5.74) is -0.708.